The average Bonchev–Trinajstić information content (AvgIpc) is 3.25. The molecule has 1 fully saturated rings. The van der Waals surface area contributed by atoms with Crippen molar-refractivity contribution in [3.63, 3.8) is 0 Å². The summed E-state index contributed by atoms with van der Waals surface area (Å²) in [5, 5.41) is 10.7. The minimum Gasteiger partial charge on any atom is -0.300 e. The standard InChI is InChI=1S/C17H21N7S/c1-23-10-6-13(22-23)11-24-9-3-2-5-15(24)14-12-25-17(20-14)21-16-18-7-4-8-19-16/h4,6-8,10,12,15H,2-3,5,9,11H2,1H3,(H,18,19,20,21). The van der Waals surface area contributed by atoms with Gasteiger partial charge in [0.1, 0.15) is 0 Å². The fourth-order valence-corrected chi connectivity index (χ4v) is 3.98. The van der Waals surface area contributed by atoms with E-state index in [1.807, 2.05) is 17.9 Å². The number of aryl methyl sites for hydroxylation is 1. The molecule has 4 rings (SSSR count). The fourth-order valence-electron chi connectivity index (χ4n) is 3.23. The van der Waals surface area contributed by atoms with Crippen molar-refractivity contribution in [3.05, 3.63) is 47.5 Å². The number of hydrogen-bond acceptors (Lipinski definition) is 7. The Hall–Kier alpha value is -2.32. The highest BCUT2D eigenvalue weighted by Crippen LogP contribution is 2.34. The Bertz CT molecular complexity index is 813. The lowest BCUT2D eigenvalue weighted by atomic mass is 10.00. The van der Waals surface area contributed by atoms with E-state index in [2.05, 4.69) is 36.7 Å². The Morgan fingerprint density at radius 1 is 1.28 bits per heavy atom. The van der Waals surface area contributed by atoms with Crippen LogP contribution in [-0.4, -0.2) is 36.2 Å². The molecule has 0 bridgehead atoms. The second-order valence-electron chi connectivity index (χ2n) is 6.24. The largest absolute Gasteiger partial charge is 0.300 e. The molecule has 3 aromatic rings. The van der Waals surface area contributed by atoms with Gasteiger partial charge in [-0.15, -0.1) is 11.3 Å². The first-order chi connectivity index (χ1) is 12.3. The van der Waals surface area contributed by atoms with Crippen LogP contribution in [0.5, 0.6) is 0 Å². The first-order valence-corrected chi connectivity index (χ1v) is 9.38. The smallest absolute Gasteiger partial charge is 0.228 e. The number of piperidine rings is 1. The highest BCUT2D eigenvalue weighted by Gasteiger charge is 2.26. The van der Waals surface area contributed by atoms with Gasteiger partial charge in [-0.1, -0.05) is 6.42 Å². The van der Waals surface area contributed by atoms with Crippen molar-refractivity contribution in [2.75, 3.05) is 11.9 Å². The lowest BCUT2D eigenvalue weighted by molar-refractivity contribution is 0.136. The molecule has 1 N–H and O–H groups in total. The van der Waals surface area contributed by atoms with Gasteiger partial charge in [0.15, 0.2) is 5.13 Å². The number of hydrogen-bond donors (Lipinski definition) is 1. The maximum Gasteiger partial charge on any atom is 0.228 e. The minimum atomic E-state index is 0.347. The Morgan fingerprint density at radius 3 is 2.96 bits per heavy atom. The van der Waals surface area contributed by atoms with Gasteiger partial charge in [0.25, 0.3) is 0 Å². The average molecular weight is 355 g/mol. The van der Waals surface area contributed by atoms with Gasteiger partial charge in [-0.25, -0.2) is 15.0 Å². The van der Waals surface area contributed by atoms with Gasteiger partial charge >= 0.3 is 0 Å². The van der Waals surface area contributed by atoms with Crippen LogP contribution in [-0.2, 0) is 13.6 Å². The van der Waals surface area contributed by atoms with Crippen LogP contribution in [0.25, 0.3) is 0 Å². The van der Waals surface area contributed by atoms with Gasteiger partial charge in [0.2, 0.25) is 5.95 Å². The van der Waals surface area contributed by atoms with Gasteiger partial charge in [-0.3, -0.25) is 9.58 Å². The summed E-state index contributed by atoms with van der Waals surface area (Å²) in [7, 11) is 1.96. The van der Waals surface area contributed by atoms with E-state index in [-0.39, 0.29) is 0 Å². The molecule has 1 saturated heterocycles. The van der Waals surface area contributed by atoms with Crippen LogP contribution in [0.15, 0.2) is 36.1 Å². The van der Waals surface area contributed by atoms with Gasteiger partial charge in [-0.2, -0.15) is 5.10 Å². The summed E-state index contributed by atoms with van der Waals surface area (Å²) >= 11 is 1.60. The highest BCUT2D eigenvalue weighted by atomic mass is 32.1. The van der Waals surface area contributed by atoms with Crippen LogP contribution >= 0.6 is 11.3 Å². The summed E-state index contributed by atoms with van der Waals surface area (Å²) in [5.41, 5.74) is 2.24. The van der Waals surface area contributed by atoms with Crippen LogP contribution in [0.4, 0.5) is 11.1 Å². The Labute approximate surface area is 150 Å². The molecule has 8 heteroatoms. The van der Waals surface area contributed by atoms with Crippen LogP contribution in [0.3, 0.4) is 0 Å². The van der Waals surface area contributed by atoms with E-state index in [1.165, 1.54) is 12.8 Å². The SMILES string of the molecule is Cn1ccc(CN2CCCCC2c2csc(Nc3ncccn3)n2)n1. The van der Waals surface area contributed by atoms with Gasteiger partial charge in [-0.05, 0) is 31.5 Å². The molecule has 1 unspecified atom stereocenters. The summed E-state index contributed by atoms with van der Waals surface area (Å²) in [6.07, 6.45) is 9.05. The van der Waals surface area contributed by atoms with E-state index >= 15 is 0 Å². The Balaban J connectivity index is 1.48. The number of nitrogens with zero attached hydrogens (tertiary/aromatic N) is 6. The first-order valence-electron chi connectivity index (χ1n) is 8.50. The lowest BCUT2D eigenvalue weighted by Gasteiger charge is -2.34. The second-order valence-corrected chi connectivity index (χ2v) is 7.10. The van der Waals surface area contributed by atoms with Crippen molar-refractivity contribution in [1.29, 1.82) is 0 Å². The van der Waals surface area contributed by atoms with Crippen LogP contribution in [0, 0.1) is 0 Å². The van der Waals surface area contributed by atoms with Crippen molar-refractivity contribution in [3.8, 4) is 0 Å². The number of rotatable bonds is 5. The molecular weight excluding hydrogens is 334 g/mol. The van der Waals surface area contributed by atoms with Gasteiger partial charge < -0.3 is 5.32 Å². The maximum absolute atomic E-state index is 4.79. The predicted molar refractivity (Wildman–Crippen MR) is 97.6 cm³/mol. The molecule has 1 atom stereocenters. The molecule has 3 aromatic heterocycles. The third-order valence-corrected chi connectivity index (χ3v) is 5.17. The maximum atomic E-state index is 4.79. The molecule has 1 aliphatic rings. The van der Waals surface area contributed by atoms with Crippen LogP contribution < -0.4 is 5.32 Å². The fraction of sp³-hybridized carbons (Fsp3) is 0.412. The van der Waals surface area contributed by atoms with Crippen molar-refractivity contribution in [2.45, 2.75) is 31.8 Å². The zero-order valence-corrected chi connectivity index (χ0v) is 15.0. The molecule has 25 heavy (non-hydrogen) atoms. The molecule has 0 saturated carbocycles. The lowest BCUT2D eigenvalue weighted by Crippen LogP contribution is -2.33. The summed E-state index contributed by atoms with van der Waals surface area (Å²) in [4.78, 5) is 15.7. The zero-order chi connectivity index (χ0) is 17.1. The predicted octanol–water partition coefficient (Wildman–Crippen LogP) is 3.14. The molecule has 130 valence electrons. The quantitative estimate of drug-likeness (QED) is 0.758. The first kappa shape index (κ1) is 16.2. The molecular formula is C17H21N7S. The normalized spacial score (nSPS) is 18.4. The van der Waals surface area contributed by atoms with Gasteiger partial charge in [0, 0.05) is 37.6 Å². The molecule has 4 heterocycles. The molecule has 0 aromatic carbocycles. The van der Waals surface area contributed by atoms with Crippen molar-refractivity contribution in [2.24, 2.45) is 7.05 Å². The highest BCUT2D eigenvalue weighted by molar-refractivity contribution is 7.13. The number of thiazole rings is 1. The monoisotopic (exact) mass is 355 g/mol. The number of anilines is 2. The summed E-state index contributed by atoms with van der Waals surface area (Å²) in [5.74, 6) is 0.581. The molecule has 0 amide bonds. The Morgan fingerprint density at radius 2 is 2.16 bits per heavy atom. The van der Waals surface area contributed by atoms with E-state index in [0.717, 1.165) is 36.0 Å². The zero-order valence-electron chi connectivity index (χ0n) is 14.2. The van der Waals surface area contributed by atoms with E-state index in [9.17, 15) is 0 Å². The number of nitrogens with one attached hydrogen (secondary N) is 1. The van der Waals surface area contributed by atoms with Crippen LogP contribution in [0.2, 0.25) is 0 Å². The molecule has 7 nitrogen and oxygen atoms in total. The van der Waals surface area contributed by atoms with E-state index < -0.39 is 0 Å². The molecule has 0 radical (unpaired) electrons. The van der Waals surface area contributed by atoms with Gasteiger partial charge in [0.05, 0.1) is 17.4 Å². The Kier molecular flexibility index (Phi) is 4.71. The summed E-state index contributed by atoms with van der Waals surface area (Å²) in [6.45, 7) is 1.96. The van der Waals surface area contributed by atoms with Crippen molar-refractivity contribution in [1.82, 2.24) is 29.6 Å². The molecule has 0 spiro atoms. The third-order valence-electron chi connectivity index (χ3n) is 4.40. The summed E-state index contributed by atoms with van der Waals surface area (Å²) < 4.78 is 1.86. The number of aromatic nitrogens is 5. The molecule has 0 aliphatic carbocycles. The van der Waals surface area contributed by atoms with E-state index in [0.29, 0.717) is 12.0 Å². The summed E-state index contributed by atoms with van der Waals surface area (Å²) in [6, 6.07) is 4.24. The van der Waals surface area contributed by atoms with E-state index in [4.69, 9.17) is 4.98 Å². The second kappa shape index (κ2) is 7.28. The molecule has 1 aliphatic heterocycles. The minimum absolute atomic E-state index is 0.347. The third kappa shape index (κ3) is 3.85. The topological polar surface area (TPSA) is 71.8 Å². The van der Waals surface area contributed by atoms with Crippen molar-refractivity contribution < 1.29 is 0 Å². The van der Waals surface area contributed by atoms with E-state index in [1.54, 1.807) is 29.8 Å². The number of likely N-dealkylation sites (tertiary alicyclic amines) is 1. The van der Waals surface area contributed by atoms with Crippen molar-refractivity contribution >= 4 is 22.4 Å². The van der Waals surface area contributed by atoms with Crippen LogP contribution in [0.1, 0.15) is 36.7 Å².